The Hall–Kier alpha value is -0.570. The molecule has 0 aliphatic heterocycles. The van der Waals surface area contributed by atoms with Crippen LogP contribution in [0.3, 0.4) is 0 Å². The summed E-state index contributed by atoms with van der Waals surface area (Å²) < 4.78 is 0. The number of carbonyl (C=O) groups is 1. The molecule has 0 aromatic heterocycles. The Morgan fingerprint density at radius 1 is 1.60 bits per heavy atom. The molecule has 0 aromatic rings. The molecule has 10 heavy (non-hydrogen) atoms. The first kappa shape index (κ1) is 9.43. The molecule has 0 heterocycles. The quantitative estimate of drug-likeness (QED) is 0.589. The predicted molar refractivity (Wildman–Crippen MR) is 35.2 cm³/mol. The maximum atomic E-state index is 9.89. The molecule has 0 amide bonds. The smallest absolute Gasteiger partial charge is 0.0591 e. The van der Waals surface area contributed by atoms with E-state index in [-0.39, 0.29) is 6.42 Å². The van der Waals surface area contributed by atoms with Crippen LogP contribution in [0, 0.1) is 0 Å². The predicted octanol–water partition coefficient (Wildman–Crippen LogP) is -0.323. The van der Waals surface area contributed by atoms with Crippen LogP contribution < -0.4 is 5.11 Å². The van der Waals surface area contributed by atoms with Gasteiger partial charge in [-0.1, -0.05) is 0 Å². The summed E-state index contributed by atoms with van der Waals surface area (Å²) in [6.07, 6.45) is 1.01. The highest BCUT2D eigenvalue weighted by atomic mass is 16.4. The molecule has 3 heteroatoms. The van der Waals surface area contributed by atoms with Crippen LogP contribution in [0.5, 0.6) is 0 Å². The third-order valence-corrected chi connectivity index (χ3v) is 1.17. The lowest BCUT2D eigenvalue weighted by atomic mass is 10.0. The summed E-state index contributed by atoms with van der Waals surface area (Å²) in [4.78, 5) is 9.89. The minimum atomic E-state index is -1.05. The molecule has 0 atom stereocenters. The van der Waals surface area contributed by atoms with Gasteiger partial charge in [-0.3, -0.25) is 0 Å². The second kappa shape index (κ2) is 3.56. The average Bonchev–Trinajstić information content (AvgIpc) is 1.59. The molecule has 0 spiro atoms. The second-order valence-electron chi connectivity index (χ2n) is 3.04. The largest absolute Gasteiger partial charge is 0.550 e. The number of carbonyl (C=O) groups excluding carboxylic acids is 1. The molecule has 0 radical (unpaired) electrons. The van der Waals surface area contributed by atoms with E-state index >= 15 is 0 Å². The number of carboxylic acids is 1. The van der Waals surface area contributed by atoms with Gasteiger partial charge in [0.1, 0.15) is 0 Å². The second-order valence-corrected chi connectivity index (χ2v) is 3.04. The first-order valence-electron chi connectivity index (χ1n) is 3.34. The molecular weight excluding hydrogens is 132 g/mol. The third kappa shape index (κ3) is 7.43. The Kier molecular flexibility index (Phi) is 3.36. The van der Waals surface area contributed by atoms with E-state index in [9.17, 15) is 9.90 Å². The fourth-order valence-corrected chi connectivity index (χ4v) is 0.665. The number of hydrogen-bond donors (Lipinski definition) is 1. The average molecular weight is 145 g/mol. The van der Waals surface area contributed by atoms with Crippen LogP contribution in [-0.2, 0) is 4.79 Å². The maximum absolute atomic E-state index is 9.89. The Balaban J connectivity index is 3.29. The summed E-state index contributed by atoms with van der Waals surface area (Å²) in [6.45, 7) is 3.31. The molecule has 0 aliphatic rings. The number of hydrogen-bond acceptors (Lipinski definition) is 3. The van der Waals surface area contributed by atoms with E-state index in [1.165, 1.54) is 0 Å². The van der Waals surface area contributed by atoms with Gasteiger partial charge in [0.15, 0.2) is 0 Å². The van der Waals surface area contributed by atoms with Crippen molar-refractivity contribution < 1.29 is 15.0 Å². The highest BCUT2D eigenvalue weighted by Crippen LogP contribution is 2.10. The Bertz CT molecular complexity index is 113. The normalized spacial score (nSPS) is 11.5. The zero-order chi connectivity index (χ0) is 8.20. The van der Waals surface area contributed by atoms with Crippen LogP contribution in [0.15, 0.2) is 0 Å². The lowest BCUT2D eigenvalue weighted by Crippen LogP contribution is -2.24. The Morgan fingerprint density at radius 3 is 2.40 bits per heavy atom. The molecule has 60 valence electrons. The minimum absolute atomic E-state index is 0.0317. The van der Waals surface area contributed by atoms with Crippen LogP contribution in [0.25, 0.3) is 0 Å². The summed E-state index contributed by atoms with van der Waals surface area (Å²) >= 11 is 0. The van der Waals surface area contributed by atoms with Crippen molar-refractivity contribution in [2.24, 2.45) is 0 Å². The number of aliphatic carboxylic acids is 1. The van der Waals surface area contributed by atoms with Gasteiger partial charge in [-0.15, -0.1) is 0 Å². The van der Waals surface area contributed by atoms with Crippen LogP contribution >= 0.6 is 0 Å². The van der Waals surface area contributed by atoms with Crippen molar-refractivity contribution in [3.8, 4) is 0 Å². The fourth-order valence-electron chi connectivity index (χ4n) is 0.665. The summed E-state index contributed by atoms with van der Waals surface area (Å²) in [5.74, 6) is -1.05. The third-order valence-electron chi connectivity index (χ3n) is 1.17. The van der Waals surface area contributed by atoms with Crippen molar-refractivity contribution in [2.75, 3.05) is 0 Å². The summed E-state index contributed by atoms with van der Waals surface area (Å²) in [6, 6.07) is 0. The van der Waals surface area contributed by atoms with Gasteiger partial charge >= 0.3 is 0 Å². The summed E-state index contributed by atoms with van der Waals surface area (Å²) in [7, 11) is 0. The molecule has 0 bridgehead atoms. The van der Waals surface area contributed by atoms with Crippen molar-refractivity contribution in [3.63, 3.8) is 0 Å². The molecule has 0 rings (SSSR count). The molecule has 0 saturated heterocycles. The number of rotatable bonds is 4. The molecule has 0 fully saturated rings. The maximum Gasteiger partial charge on any atom is 0.0591 e. The van der Waals surface area contributed by atoms with Crippen molar-refractivity contribution in [1.29, 1.82) is 0 Å². The van der Waals surface area contributed by atoms with Gasteiger partial charge in [0.25, 0.3) is 0 Å². The molecule has 0 aromatic carbocycles. The lowest BCUT2D eigenvalue weighted by molar-refractivity contribution is -0.305. The topological polar surface area (TPSA) is 60.4 Å². The van der Waals surface area contributed by atoms with E-state index in [0.717, 1.165) is 0 Å². The zero-order valence-corrected chi connectivity index (χ0v) is 6.39. The summed E-state index contributed by atoms with van der Waals surface area (Å²) in [5.41, 5.74) is -0.755. The van der Waals surface area contributed by atoms with Gasteiger partial charge in [0.05, 0.1) is 5.60 Å². The monoisotopic (exact) mass is 145 g/mol. The van der Waals surface area contributed by atoms with Crippen LogP contribution in [0.2, 0.25) is 0 Å². The Labute approximate surface area is 60.7 Å². The van der Waals surface area contributed by atoms with Crippen LogP contribution in [0.1, 0.15) is 33.1 Å². The Morgan fingerprint density at radius 2 is 2.10 bits per heavy atom. The first-order valence-corrected chi connectivity index (χ1v) is 3.34. The highest BCUT2D eigenvalue weighted by Gasteiger charge is 2.10. The van der Waals surface area contributed by atoms with Crippen molar-refractivity contribution in [1.82, 2.24) is 0 Å². The zero-order valence-electron chi connectivity index (χ0n) is 6.39. The molecule has 1 N–H and O–H groups in total. The van der Waals surface area contributed by atoms with Crippen molar-refractivity contribution in [3.05, 3.63) is 0 Å². The van der Waals surface area contributed by atoms with Gasteiger partial charge in [0.2, 0.25) is 0 Å². The van der Waals surface area contributed by atoms with Gasteiger partial charge in [0, 0.05) is 5.97 Å². The molecule has 0 aliphatic carbocycles. The van der Waals surface area contributed by atoms with E-state index < -0.39 is 11.6 Å². The van der Waals surface area contributed by atoms with Crippen molar-refractivity contribution in [2.45, 2.75) is 38.7 Å². The van der Waals surface area contributed by atoms with E-state index in [2.05, 4.69) is 0 Å². The van der Waals surface area contributed by atoms with Gasteiger partial charge in [-0.05, 0) is 33.1 Å². The first-order chi connectivity index (χ1) is 4.42. The van der Waals surface area contributed by atoms with E-state index in [4.69, 9.17) is 5.11 Å². The van der Waals surface area contributed by atoms with Crippen LogP contribution in [0.4, 0.5) is 0 Å². The molecule has 0 saturated carbocycles. The van der Waals surface area contributed by atoms with E-state index in [1.54, 1.807) is 13.8 Å². The van der Waals surface area contributed by atoms with E-state index in [0.29, 0.717) is 12.8 Å². The van der Waals surface area contributed by atoms with Crippen molar-refractivity contribution >= 4 is 5.97 Å². The number of aliphatic hydroxyl groups is 1. The van der Waals surface area contributed by atoms with Crippen LogP contribution in [-0.4, -0.2) is 16.7 Å². The standard InChI is InChI=1S/C7H14O3/c1-7(2,10)5-3-4-6(8)9/h10H,3-5H2,1-2H3,(H,8,9)/p-1. The van der Waals surface area contributed by atoms with E-state index in [1.807, 2.05) is 0 Å². The van der Waals surface area contributed by atoms with Gasteiger partial charge in [-0.25, -0.2) is 0 Å². The molecule has 0 unspecified atom stereocenters. The molecular formula is C7H13O3-. The van der Waals surface area contributed by atoms with Gasteiger partial charge in [-0.2, -0.15) is 0 Å². The fraction of sp³-hybridized carbons (Fsp3) is 0.857. The lowest BCUT2D eigenvalue weighted by Gasteiger charge is -2.16. The van der Waals surface area contributed by atoms with Gasteiger partial charge < -0.3 is 15.0 Å². The SMILES string of the molecule is CC(C)(O)CCCC(=O)[O-]. The molecule has 3 nitrogen and oxygen atoms in total. The highest BCUT2D eigenvalue weighted by molar-refractivity contribution is 5.64. The number of carboxylic acid groups (broad SMARTS) is 1. The minimum Gasteiger partial charge on any atom is -0.550 e. The summed E-state index contributed by atoms with van der Waals surface area (Å²) in [5, 5.41) is 19.0.